The lowest BCUT2D eigenvalue weighted by atomic mass is 10.1. The van der Waals surface area contributed by atoms with Gasteiger partial charge in [-0.15, -0.1) is 0 Å². The third kappa shape index (κ3) is 2.92. The quantitative estimate of drug-likeness (QED) is 0.829. The number of phenols is 1. The summed E-state index contributed by atoms with van der Waals surface area (Å²) in [6, 6.07) is 3.12. The largest absolute Gasteiger partial charge is 0.507 e. The molecule has 0 spiro atoms. The van der Waals surface area contributed by atoms with Crippen molar-refractivity contribution >= 4 is 32.9 Å². The fourth-order valence-electron chi connectivity index (χ4n) is 1.71. The molecule has 5 heteroatoms. The van der Waals surface area contributed by atoms with Crippen LogP contribution in [0.25, 0.3) is 11.0 Å². The lowest BCUT2D eigenvalue weighted by Crippen LogP contribution is -2.05. The van der Waals surface area contributed by atoms with Crippen molar-refractivity contribution < 1.29 is 19.1 Å². The van der Waals surface area contributed by atoms with E-state index in [4.69, 9.17) is 9.15 Å². The Kier molecular flexibility index (Phi) is 5.42. The molecule has 104 valence electrons. The van der Waals surface area contributed by atoms with Crippen molar-refractivity contribution in [2.75, 3.05) is 6.61 Å². The molecule has 0 aliphatic rings. The number of ether oxygens (including phenoxy) is 1. The van der Waals surface area contributed by atoms with Crippen molar-refractivity contribution in [3.8, 4) is 5.75 Å². The van der Waals surface area contributed by atoms with Crippen molar-refractivity contribution in [1.29, 1.82) is 0 Å². The normalized spacial score (nSPS) is 9.95. The number of hydrogen-bond donors (Lipinski definition) is 1. The van der Waals surface area contributed by atoms with Crippen molar-refractivity contribution in [3.63, 3.8) is 0 Å². The van der Waals surface area contributed by atoms with Gasteiger partial charge in [-0.25, -0.2) is 4.79 Å². The second kappa shape index (κ2) is 6.61. The van der Waals surface area contributed by atoms with Crippen LogP contribution in [0.3, 0.4) is 0 Å². The Morgan fingerprint density at radius 2 is 2.05 bits per heavy atom. The number of hydrogen-bond acceptors (Lipinski definition) is 4. The van der Waals surface area contributed by atoms with E-state index >= 15 is 0 Å². The van der Waals surface area contributed by atoms with Gasteiger partial charge in [0.15, 0.2) is 0 Å². The summed E-state index contributed by atoms with van der Waals surface area (Å²) in [4.78, 5) is 11.8. The Morgan fingerprint density at radius 3 is 2.63 bits per heavy atom. The van der Waals surface area contributed by atoms with Gasteiger partial charge in [-0.2, -0.15) is 0 Å². The number of carbonyl (C=O) groups excluding carboxylic acids is 1. The number of aromatic hydroxyl groups is 1. The molecule has 1 aromatic heterocycles. The van der Waals surface area contributed by atoms with Crippen LogP contribution in [0.4, 0.5) is 0 Å². The smallest absolute Gasteiger partial charge is 0.342 e. The minimum Gasteiger partial charge on any atom is -0.507 e. The van der Waals surface area contributed by atoms with Gasteiger partial charge in [-0.1, -0.05) is 13.8 Å². The monoisotopic (exact) mass is 328 g/mol. The first kappa shape index (κ1) is 15.6. The SMILES string of the molecule is CC.CCOC(=O)c1c(C)oc2ccc(O)c(Br)c12. The zero-order valence-electron chi connectivity index (χ0n) is 11.4. The highest BCUT2D eigenvalue weighted by atomic mass is 79.9. The fourth-order valence-corrected chi connectivity index (χ4v) is 2.23. The summed E-state index contributed by atoms with van der Waals surface area (Å²) >= 11 is 3.25. The summed E-state index contributed by atoms with van der Waals surface area (Å²) in [5.74, 6) is 0.0867. The van der Waals surface area contributed by atoms with Crippen LogP contribution in [0.15, 0.2) is 21.0 Å². The van der Waals surface area contributed by atoms with Gasteiger partial charge in [0.05, 0.1) is 16.5 Å². The molecular formula is C14H17BrO4. The Morgan fingerprint density at radius 1 is 1.42 bits per heavy atom. The van der Waals surface area contributed by atoms with E-state index in [1.807, 2.05) is 13.8 Å². The maximum absolute atomic E-state index is 11.8. The standard InChI is InChI=1S/C12H11BrO4.C2H6/c1-3-16-12(15)9-6(2)17-8-5-4-7(14)11(13)10(8)9;1-2/h4-5,14H,3H2,1-2H3;1-2H3. The van der Waals surface area contributed by atoms with Crippen LogP contribution in [-0.4, -0.2) is 17.7 Å². The molecule has 1 heterocycles. The average Bonchev–Trinajstić information content (AvgIpc) is 2.74. The molecule has 0 bridgehead atoms. The highest BCUT2D eigenvalue weighted by molar-refractivity contribution is 9.10. The van der Waals surface area contributed by atoms with Gasteiger partial charge < -0.3 is 14.3 Å². The Bertz CT molecular complexity index is 587. The summed E-state index contributed by atoms with van der Waals surface area (Å²) in [6.07, 6.45) is 0. The number of esters is 1. The number of furan rings is 1. The summed E-state index contributed by atoms with van der Waals surface area (Å²) in [6.45, 7) is 7.72. The molecule has 2 rings (SSSR count). The fraction of sp³-hybridized carbons (Fsp3) is 0.357. The number of aryl methyl sites for hydroxylation is 1. The van der Waals surface area contributed by atoms with E-state index < -0.39 is 5.97 Å². The predicted molar refractivity (Wildman–Crippen MR) is 77.6 cm³/mol. The highest BCUT2D eigenvalue weighted by Gasteiger charge is 2.22. The topological polar surface area (TPSA) is 59.7 Å². The third-order valence-corrected chi connectivity index (χ3v) is 3.23. The molecule has 4 nitrogen and oxygen atoms in total. The lowest BCUT2D eigenvalue weighted by molar-refractivity contribution is 0.0526. The van der Waals surface area contributed by atoms with Gasteiger partial charge in [0.2, 0.25) is 0 Å². The van der Waals surface area contributed by atoms with Gasteiger partial charge >= 0.3 is 5.97 Å². The van der Waals surface area contributed by atoms with Crippen LogP contribution < -0.4 is 0 Å². The Balaban J connectivity index is 0.000000861. The molecular weight excluding hydrogens is 312 g/mol. The zero-order valence-corrected chi connectivity index (χ0v) is 13.0. The van der Waals surface area contributed by atoms with Gasteiger partial charge in [-0.3, -0.25) is 0 Å². The average molecular weight is 329 g/mol. The van der Waals surface area contributed by atoms with E-state index in [0.717, 1.165) is 0 Å². The second-order valence-corrected chi connectivity index (χ2v) is 4.32. The van der Waals surface area contributed by atoms with Crippen LogP contribution in [0.1, 0.15) is 36.9 Å². The van der Waals surface area contributed by atoms with E-state index in [2.05, 4.69) is 15.9 Å². The molecule has 0 aliphatic carbocycles. The summed E-state index contributed by atoms with van der Waals surface area (Å²) in [5.41, 5.74) is 0.889. The van der Waals surface area contributed by atoms with Crippen LogP contribution in [0, 0.1) is 6.92 Å². The molecule has 0 saturated heterocycles. The molecule has 0 amide bonds. The first-order chi connectivity index (χ1) is 9.06. The molecule has 0 atom stereocenters. The first-order valence-electron chi connectivity index (χ1n) is 6.14. The predicted octanol–water partition coefficient (Wildman–Crippen LogP) is 4.41. The van der Waals surface area contributed by atoms with Crippen molar-refractivity contribution in [3.05, 3.63) is 27.9 Å². The number of rotatable bonds is 2. The molecule has 1 aromatic carbocycles. The highest BCUT2D eigenvalue weighted by Crippen LogP contribution is 2.37. The molecule has 19 heavy (non-hydrogen) atoms. The summed E-state index contributed by atoms with van der Waals surface area (Å²) < 4.78 is 10.9. The van der Waals surface area contributed by atoms with Crippen molar-refractivity contribution in [2.24, 2.45) is 0 Å². The number of phenolic OH excluding ortho intramolecular Hbond substituents is 1. The van der Waals surface area contributed by atoms with Gasteiger partial charge in [-0.05, 0) is 41.9 Å². The molecule has 2 aromatic rings. The second-order valence-electron chi connectivity index (χ2n) is 3.53. The van der Waals surface area contributed by atoms with Crippen LogP contribution in [-0.2, 0) is 4.74 Å². The first-order valence-corrected chi connectivity index (χ1v) is 6.93. The van der Waals surface area contributed by atoms with E-state index in [-0.39, 0.29) is 5.75 Å². The van der Waals surface area contributed by atoms with E-state index in [1.165, 1.54) is 6.07 Å². The minimum atomic E-state index is -0.449. The number of benzene rings is 1. The van der Waals surface area contributed by atoms with E-state index in [9.17, 15) is 9.90 Å². The number of halogens is 1. The molecule has 0 radical (unpaired) electrons. The van der Waals surface area contributed by atoms with Gasteiger partial charge in [0, 0.05) is 0 Å². The summed E-state index contributed by atoms with van der Waals surface area (Å²) in [7, 11) is 0. The van der Waals surface area contributed by atoms with Crippen molar-refractivity contribution in [2.45, 2.75) is 27.7 Å². The van der Waals surface area contributed by atoms with Crippen LogP contribution in [0.2, 0.25) is 0 Å². The molecule has 0 aliphatic heterocycles. The zero-order chi connectivity index (χ0) is 14.6. The maximum Gasteiger partial charge on any atom is 0.342 e. The van der Waals surface area contributed by atoms with E-state index in [1.54, 1.807) is 19.9 Å². The number of carbonyl (C=O) groups is 1. The molecule has 0 fully saturated rings. The minimum absolute atomic E-state index is 0.0591. The molecule has 0 unspecified atom stereocenters. The van der Waals surface area contributed by atoms with Gasteiger partial charge in [0.1, 0.15) is 22.7 Å². The van der Waals surface area contributed by atoms with E-state index in [0.29, 0.717) is 33.4 Å². The maximum atomic E-state index is 11.8. The third-order valence-electron chi connectivity index (χ3n) is 2.43. The van der Waals surface area contributed by atoms with Crippen LogP contribution in [0.5, 0.6) is 5.75 Å². The van der Waals surface area contributed by atoms with Crippen molar-refractivity contribution in [1.82, 2.24) is 0 Å². The lowest BCUT2D eigenvalue weighted by Gasteiger charge is -2.02. The molecule has 1 N–H and O–H groups in total. The Labute approximate surface area is 120 Å². The molecule has 0 saturated carbocycles. The van der Waals surface area contributed by atoms with Gasteiger partial charge in [0.25, 0.3) is 0 Å². The van der Waals surface area contributed by atoms with Crippen LogP contribution >= 0.6 is 15.9 Å². The number of fused-ring (bicyclic) bond motifs is 1. The summed E-state index contributed by atoms with van der Waals surface area (Å²) in [5, 5.41) is 10.2. The Hall–Kier alpha value is -1.49.